The fourth-order valence-electron chi connectivity index (χ4n) is 4.76. The molecule has 6 heteroatoms. The number of carbonyl (C=O) groups is 1. The lowest BCUT2D eigenvalue weighted by Crippen LogP contribution is -2.45. The number of para-hydroxylation sites is 1. The van der Waals surface area contributed by atoms with E-state index in [-0.39, 0.29) is 12.0 Å². The van der Waals surface area contributed by atoms with Crippen molar-refractivity contribution in [2.45, 2.75) is 18.5 Å². The van der Waals surface area contributed by atoms with E-state index in [1.165, 1.54) is 7.11 Å². The van der Waals surface area contributed by atoms with Gasteiger partial charge in [-0.1, -0.05) is 48.5 Å². The SMILES string of the molecule is COC(=O)C1Cc2c([nH]c3ccccc23)C(c2cc(OC)c(-c3ccccc3)cc2OC)N1. The summed E-state index contributed by atoms with van der Waals surface area (Å²) in [7, 11) is 4.74. The molecule has 33 heavy (non-hydrogen) atoms. The van der Waals surface area contributed by atoms with Gasteiger partial charge in [-0.3, -0.25) is 10.1 Å². The number of methoxy groups -OCH3 is 3. The Morgan fingerprint density at radius 1 is 0.909 bits per heavy atom. The minimum absolute atomic E-state index is 0.289. The maximum atomic E-state index is 12.6. The van der Waals surface area contributed by atoms with Crippen LogP contribution in [0.3, 0.4) is 0 Å². The average molecular weight is 443 g/mol. The summed E-state index contributed by atoms with van der Waals surface area (Å²) in [5.74, 6) is 1.15. The normalized spacial score (nSPS) is 17.4. The fourth-order valence-corrected chi connectivity index (χ4v) is 4.76. The molecule has 4 aromatic rings. The largest absolute Gasteiger partial charge is 0.496 e. The molecule has 5 rings (SSSR count). The standard InChI is InChI=1S/C27H26N2O4/c1-31-23-15-20(24(32-2)14-18(23)16-9-5-4-6-10-16)26-25-19(13-22(29-26)27(30)33-3)17-11-7-8-12-21(17)28-25/h4-12,14-15,22,26,28-29H,13H2,1-3H3. The molecule has 2 N–H and O–H groups in total. The molecule has 2 atom stereocenters. The quantitative estimate of drug-likeness (QED) is 0.441. The van der Waals surface area contributed by atoms with Gasteiger partial charge in [0.1, 0.15) is 17.5 Å². The predicted molar refractivity (Wildman–Crippen MR) is 128 cm³/mol. The van der Waals surface area contributed by atoms with Gasteiger partial charge in [0, 0.05) is 34.1 Å². The van der Waals surface area contributed by atoms with Gasteiger partial charge in [0.2, 0.25) is 0 Å². The lowest BCUT2D eigenvalue weighted by molar-refractivity contribution is -0.143. The molecule has 0 fully saturated rings. The van der Waals surface area contributed by atoms with Gasteiger partial charge in [-0.2, -0.15) is 0 Å². The summed E-state index contributed by atoms with van der Waals surface area (Å²) in [5, 5.41) is 4.59. The Morgan fingerprint density at radius 3 is 2.36 bits per heavy atom. The Bertz CT molecular complexity index is 1310. The maximum absolute atomic E-state index is 12.6. The second-order valence-corrected chi connectivity index (χ2v) is 8.10. The number of benzene rings is 3. The van der Waals surface area contributed by atoms with Crippen LogP contribution in [0.1, 0.15) is 22.9 Å². The van der Waals surface area contributed by atoms with E-state index in [4.69, 9.17) is 14.2 Å². The van der Waals surface area contributed by atoms with Crippen LogP contribution in [0.4, 0.5) is 0 Å². The number of hydrogen-bond acceptors (Lipinski definition) is 5. The molecular weight excluding hydrogens is 416 g/mol. The number of carbonyl (C=O) groups excluding carboxylic acids is 1. The summed E-state index contributed by atoms with van der Waals surface area (Å²) >= 11 is 0. The Kier molecular flexibility index (Phi) is 5.52. The van der Waals surface area contributed by atoms with Crippen molar-refractivity contribution in [2.75, 3.05) is 21.3 Å². The number of ether oxygens (including phenoxy) is 3. The monoisotopic (exact) mass is 442 g/mol. The van der Waals surface area contributed by atoms with Crippen LogP contribution in [0.25, 0.3) is 22.0 Å². The van der Waals surface area contributed by atoms with Gasteiger partial charge in [0.15, 0.2) is 0 Å². The van der Waals surface area contributed by atoms with Crippen molar-refractivity contribution < 1.29 is 19.0 Å². The highest BCUT2D eigenvalue weighted by molar-refractivity contribution is 5.87. The van der Waals surface area contributed by atoms with Gasteiger partial charge >= 0.3 is 5.97 Å². The van der Waals surface area contributed by atoms with Crippen molar-refractivity contribution in [2.24, 2.45) is 0 Å². The highest BCUT2D eigenvalue weighted by Crippen LogP contribution is 2.43. The Labute approximate surface area is 192 Å². The maximum Gasteiger partial charge on any atom is 0.323 e. The van der Waals surface area contributed by atoms with Crippen molar-refractivity contribution in [3.63, 3.8) is 0 Å². The zero-order valence-corrected chi connectivity index (χ0v) is 18.8. The number of nitrogens with one attached hydrogen (secondary N) is 2. The van der Waals surface area contributed by atoms with Gasteiger partial charge in [-0.15, -0.1) is 0 Å². The van der Waals surface area contributed by atoms with Crippen molar-refractivity contribution >= 4 is 16.9 Å². The topological polar surface area (TPSA) is 72.6 Å². The number of aromatic amines is 1. The molecular formula is C27H26N2O4. The van der Waals surface area contributed by atoms with Crippen LogP contribution in [0.5, 0.6) is 11.5 Å². The molecule has 0 saturated carbocycles. The van der Waals surface area contributed by atoms with Crippen LogP contribution in [-0.4, -0.2) is 38.3 Å². The molecule has 1 aromatic heterocycles. The van der Waals surface area contributed by atoms with Crippen LogP contribution in [0.15, 0.2) is 66.7 Å². The molecule has 0 bridgehead atoms. The molecule has 2 unspecified atom stereocenters. The van der Waals surface area contributed by atoms with Gasteiger partial charge in [-0.05, 0) is 29.3 Å². The zero-order valence-electron chi connectivity index (χ0n) is 18.8. The predicted octanol–water partition coefficient (Wildman–Crippen LogP) is 4.63. The van der Waals surface area contributed by atoms with E-state index >= 15 is 0 Å². The summed E-state index contributed by atoms with van der Waals surface area (Å²) in [6.45, 7) is 0. The lowest BCUT2D eigenvalue weighted by atomic mass is 9.88. The molecule has 3 aromatic carbocycles. The Balaban J connectivity index is 1.70. The van der Waals surface area contributed by atoms with Gasteiger partial charge in [0.05, 0.1) is 27.4 Å². The molecule has 0 saturated heterocycles. The molecule has 2 heterocycles. The first-order valence-electron chi connectivity index (χ1n) is 10.9. The van der Waals surface area contributed by atoms with E-state index in [1.807, 2.05) is 60.7 Å². The highest BCUT2D eigenvalue weighted by Gasteiger charge is 2.36. The van der Waals surface area contributed by atoms with E-state index in [0.717, 1.165) is 44.6 Å². The third-order valence-electron chi connectivity index (χ3n) is 6.34. The molecule has 6 nitrogen and oxygen atoms in total. The molecule has 0 aliphatic carbocycles. The van der Waals surface area contributed by atoms with Crippen molar-refractivity contribution in [3.8, 4) is 22.6 Å². The van der Waals surface area contributed by atoms with Crippen LogP contribution < -0.4 is 14.8 Å². The van der Waals surface area contributed by atoms with E-state index < -0.39 is 6.04 Å². The van der Waals surface area contributed by atoms with E-state index in [2.05, 4.69) is 16.4 Å². The Morgan fingerprint density at radius 2 is 1.64 bits per heavy atom. The number of fused-ring (bicyclic) bond motifs is 3. The van der Waals surface area contributed by atoms with Crippen molar-refractivity contribution in [1.82, 2.24) is 10.3 Å². The number of aromatic nitrogens is 1. The van der Waals surface area contributed by atoms with Crippen LogP contribution >= 0.6 is 0 Å². The fraction of sp³-hybridized carbons (Fsp3) is 0.222. The third kappa shape index (κ3) is 3.62. The molecule has 168 valence electrons. The average Bonchev–Trinajstić information content (AvgIpc) is 3.26. The first kappa shape index (κ1) is 21.1. The first-order valence-corrected chi connectivity index (χ1v) is 10.9. The summed E-state index contributed by atoms with van der Waals surface area (Å²) in [5.41, 5.74) is 6.02. The molecule has 0 spiro atoms. The molecule has 0 radical (unpaired) electrons. The van der Waals surface area contributed by atoms with E-state index in [9.17, 15) is 4.79 Å². The van der Waals surface area contributed by atoms with Gasteiger partial charge < -0.3 is 19.2 Å². The minimum atomic E-state index is -0.476. The van der Waals surface area contributed by atoms with E-state index in [0.29, 0.717) is 12.2 Å². The third-order valence-corrected chi connectivity index (χ3v) is 6.34. The van der Waals surface area contributed by atoms with Crippen LogP contribution in [0, 0.1) is 0 Å². The van der Waals surface area contributed by atoms with Crippen LogP contribution in [0.2, 0.25) is 0 Å². The van der Waals surface area contributed by atoms with E-state index in [1.54, 1.807) is 14.2 Å². The number of hydrogen-bond donors (Lipinski definition) is 2. The summed E-state index contributed by atoms with van der Waals surface area (Å²) < 4.78 is 16.7. The molecule has 0 amide bonds. The molecule has 1 aliphatic rings. The molecule has 1 aliphatic heterocycles. The zero-order chi connectivity index (χ0) is 22.9. The second-order valence-electron chi connectivity index (χ2n) is 8.10. The number of H-pyrrole nitrogens is 1. The summed E-state index contributed by atoms with van der Waals surface area (Å²) in [4.78, 5) is 16.1. The number of rotatable bonds is 5. The smallest absolute Gasteiger partial charge is 0.323 e. The second kappa shape index (κ2) is 8.64. The first-order chi connectivity index (χ1) is 16.1. The van der Waals surface area contributed by atoms with Gasteiger partial charge in [-0.25, -0.2) is 0 Å². The number of esters is 1. The highest BCUT2D eigenvalue weighted by atomic mass is 16.5. The lowest BCUT2D eigenvalue weighted by Gasteiger charge is -2.31. The van der Waals surface area contributed by atoms with Crippen molar-refractivity contribution in [1.29, 1.82) is 0 Å². The minimum Gasteiger partial charge on any atom is -0.496 e. The van der Waals surface area contributed by atoms with Gasteiger partial charge in [0.25, 0.3) is 0 Å². The van der Waals surface area contributed by atoms with Crippen LogP contribution in [-0.2, 0) is 16.0 Å². The van der Waals surface area contributed by atoms with Crippen molar-refractivity contribution in [3.05, 3.63) is 83.6 Å². The summed E-state index contributed by atoms with van der Waals surface area (Å²) in [6, 6.07) is 21.4. The Hall–Kier alpha value is -3.77. The summed E-state index contributed by atoms with van der Waals surface area (Å²) in [6.07, 6.45) is 0.546.